The summed E-state index contributed by atoms with van der Waals surface area (Å²) in [6.07, 6.45) is 1.48. The van der Waals surface area contributed by atoms with Gasteiger partial charge in [-0.25, -0.2) is 9.59 Å². The van der Waals surface area contributed by atoms with E-state index in [9.17, 15) is 14.4 Å². The highest BCUT2D eigenvalue weighted by Crippen LogP contribution is 2.45. The van der Waals surface area contributed by atoms with Crippen LogP contribution in [0.2, 0.25) is 0 Å². The molecule has 32 heavy (non-hydrogen) atoms. The molecule has 0 atom stereocenters. The minimum absolute atomic E-state index is 0.229. The first-order valence-electron chi connectivity index (χ1n) is 10.2. The van der Waals surface area contributed by atoms with Gasteiger partial charge in [0.05, 0.1) is 17.7 Å². The van der Waals surface area contributed by atoms with Crippen LogP contribution >= 0.6 is 11.3 Å². The molecule has 0 bridgehead atoms. The van der Waals surface area contributed by atoms with Gasteiger partial charge in [0.1, 0.15) is 5.00 Å². The van der Waals surface area contributed by atoms with E-state index in [0.717, 1.165) is 22.4 Å². The third-order valence-electron chi connectivity index (χ3n) is 5.13. The number of nitrogen functional groups attached to an aromatic ring is 1. The van der Waals surface area contributed by atoms with Crippen LogP contribution in [0.4, 0.5) is 10.7 Å². The Morgan fingerprint density at radius 2 is 1.75 bits per heavy atom. The lowest BCUT2D eigenvalue weighted by molar-refractivity contribution is -0.119. The summed E-state index contributed by atoms with van der Waals surface area (Å²) >= 11 is 1.33. The van der Waals surface area contributed by atoms with Gasteiger partial charge in [0.25, 0.3) is 5.91 Å². The number of hydrogen-bond acceptors (Lipinski definition) is 7. The number of nitrogens with one attached hydrogen (secondary N) is 1. The maximum atomic E-state index is 12.7. The summed E-state index contributed by atoms with van der Waals surface area (Å²) in [6, 6.07) is 14.2. The van der Waals surface area contributed by atoms with Crippen LogP contribution in [0, 0.1) is 0 Å². The molecule has 1 heterocycles. The van der Waals surface area contributed by atoms with Gasteiger partial charge in [0.15, 0.2) is 6.61 Å². The molecule has 8 heteroatoms. The number of anilines is 2. The number of carbonyl (C=O) groups is 3. The Kier molecular flexibility index (Phi) is 6.23. The van der Waals surface area contributed by atoms with E-state index >= 15 is 0 Å². The van der Waals surface area contributed by atoms with Crippen molar-refractivity contribution in [2.75, 3.05) is 24.3 Å². The minimum Gasteiger partial charge on any atom is -0.462 e. The molecule has 0 saturated heterocycles. The highest BCUT2D eigenvalue weighted by atomic mass is 32.1. The molecule has 3 aromatic rings. The van der Waals surface area contributed by atoms with Gasteiger partial charge in [-0.1, -0.05) is 24.3 Å². The number of carbonyl (C=O) groups excluding carboxylic acids is 3. The van der Waals surface area contributed by atoms with Crippen molar-refractivity contribution in [3.05, 3.63) is 70.8 Å². The molecular formula is C24H22N2O5S. The van der Waals surface area contributed by atoms with E-state index in [1.54, 1.807) is 19.1 Å². The minimum atomic E-state index is -0.634. The average Bonchev–Trinajstić information content (AvgIpc) is 3.16. The number of thiophene rings is 1. The molecule has 0 unspecified atom stereocenters. The van der Waals surface area contributed by atoms with Crippen molar-refractivity contribution in [3.63, 3.8) is 0 Å². The molecular weight excluding hydrogens is 428 g/mol. The van der Waals surface area contributed by atoms with Crippen LogP contribution in [0.1, 0.15) is 38.8 Å². The Morgan fingerprint density at radius 3 is 2.50 bits per heavy atom. The second-order valence-corrected chi connectivity index (χ2v) is 8.26. The van der Waals surface area contributed by atoms with Gasteiger partial charge in [0, 0.05) is 10.6 Å². The summed E-state index contributed by atoms with van der Waals surface area (Å²) in [7, 11) is 0. The molecule has 1 amide bonds. The second kappa shape index (κ2) is 9.23. The van der Waals surface area contributed by atoms with Gasteiger partial charge in [0.2, 0.25) is 0 Å². The smallest absolute Gasteiger partial charge is 0.341 e. The number of benzene rings is 2. The summed E-state index contributed by atoms with van der Waals surface area (Å²) in [5, 5.41) is 3.14. The topological polar surface area (TPSA) is 108 Å². The normalized spacial score (nSPS) is 11.8. The van der Waals surface area contributed by atoms with Crippen molar-refractivity contribution in [2.45, 2.75) is 19.8 Å². The maximum Gasteiger partial charge on any atom is 0.341 e. The first-order valence-corrected chi connectivity index (χ1v) is 11.0. The molecule has 0 fully saturated rings. The summed E-state index contributed by atoms with van der Waals surface area (Å²) in [5.41, 5.74) is 9.94. The van der Waals surface area contributed by atoms with E-state index in [0.29, 0.717) is 28.2 Å². The number of ether oxygens (including phenoxy) is 2. The lowest BCUT2D eigenvalue weighted by Crippen LogP contribution is -2.22. The number of hydrogen-bond donors (Lipinski definition) is 2. The molecule has 3 N–H and O–H groups in total. The van der Waals surface area contributed by atoms with Gasteiger partial charge in [-0.2, -0.15) is 0 Å². The third kappa shape index (κ3) is 4.36. The first kappa shape index (κ1) is 21.6. The Bertz CT molecular complexity index is 1180. The van der Waals surface area contributed by atoms with Gasteiger partial charge >= 0.3 is 11.9 Å². The molecule has 1 aromatic heterocycles. The molecule has 2 aromatic carbocycles. The number of fused-ring (bicyclic) bond motifs is 3. The zero-order valence-electron chi connectivity index (χ0n) is 17.5. The number of rotatable bonds is 6. The van der Waals surface area contributed by atoms with Crippen LogP contribution < -0.4 is 11.1 Å². The van der Waals surface area contributed by atoms with Crippen LogP contribution in [0.5, 0.6) is 0 Å². The predicted molar refractivity (Wildman–Crippen MR) is 123 cm³/mol. The number of amides is 1. The fraction of sp³-hybridized carbons (Fsp3) is 0.208. The zero-order valence-corrected chi connectivity index (χ0v) is 18.3. The van der Waals surface area contributed by atoms with E-state index in [1.165, 1.54) is 29.0 Å². The quantitative estimate of drug-likeness (QED) is 0.433. The van der Waals surface area contributed by atoms with Crippen molar-refractivity contribution >= 4 is 39.9 Å². The van der Waals surface area contributed by atoms with Crippen molar-refractivity contribution in [1.29, 1.82) is 0 Å². The molecule has 7 nitrogen and oxygen atoms in total. The molecule has 1 aliphatic carbocycles. The summed E-state index contributed by atoms with van der Waals surface area (Å²) in [4.78, 5) is 38.4. The number of esters is 2. The fourth-order valence-corrected chi connectivity index (χ4v) is 4.96. The van der Waals surface area contributed by atoms with E-state index in [-0.39, 0.29) is 6.61 Å². The van der Waals surface area contributed by atoms with E-state index in [2.05, 4.69) is 11.4 Å². The van der Waals surface area contributed by atoms with Gasteiger partial charge in [-0.15, -0.1) is 11.3 Å². The lowest BCUT2D eigenvalue weighted by atomic mass is 9.89. The monoisotopic (exact) mass is 450 g/mol. The molecule has 164 valence electrons. The lowest BCUT2D eigenvalue weighted by Gasteiger charge is -2.16. The molecule has 0 saturated carbocycles. The van der Waals surface area contributed by atoms with Crippen molar-refractivity contribution in [3.8, 4) is 10.4 Å². The highest BCUT2D eigenvalue weighted by Gasteiger charge is 2.29. The van der Waals surface area contributed by atoms with Crippen LogP contribution in [0.3, 0.4) is 0 Å². The van der Waals surface area contributed by atoms with Crippen molar-refractivity contribution in [1.82, 2.24) is 0 Å². The Morgan fingerprint density at radius 1 is 1.00 bits per heavy atom. The van der Waals surface area contributed by atoms with E-state index < -0.39 is 24.5 Å². The average molecular weight is 451 g/mol. The fourth-order valence-electron chi connectivity index (χ4n) is 3.64. The van der Waals surface area contributed by atoms with Crippen LogP contribution in [-0.2, 0) is 27.1 Å². The predicted octanol–water partition coefficient (Wildman–Crippen LogP) is 4.07. The first-order chi connectivity index (χ1) is 15.5. The SMILES string of the molecule is CCOC(=O)c1c(NC(=O)COC(=O)c2ccc(N)cc2)sc2c1CCc1ccccc1-2. The van der Waals surface area contributed by atoms with Gasteiger partial charge in [-0.3, -0.25) is 4.79 Å². The maximum absolute atomic E-state index is 12.7. The van der Waals surface area contributed by atoms with Crippen molar-refractivity contribution in [2.24, 2.45) is 0 Å². The van der Waals surface area contributed by atoms with E-state index in [4.69, 9.17) is 15.2 Å². The second-order valence-electron chi connectivity index (χ2n) is 7.24. The summed E-state index contributed by atoms with van der Waals surface area (Å²) < 4.78 is 10.4. The molecule has 0 spiro atoms. The summed E-state index contributed by atoms with van der Waals surface area (Å²) in [5.74, 6) is -1.64. The molecule has 0 aliphatic heterocycles. The third-order valence-corrected chi connectivity index (χ3v) is 6.31. The Hall–Kier alpha value is -3.65. The van der Waals surface area contributed by atoms with Crippen LogP contribution in [-0.4, -0.2) is 31.1 Å². The molecule has 1 aliphatic rings. The van der Waals surface area contributed by atoms with Crippen molar-refractivity contribution < 1.29 is 23.9 Å². The highest BCUT2D eigenvalue weighted by molar-refractivity contribution is 7.20. The van der Waals surface area contributed by atoms with Crippen LogP contribution in [0.15, 0.2) is 48.5 Å². The Balaban J connectivity index is 1.54. The molecule has 4 rings (SSSR count). The molecule has 0 radical (unpaired) electrons. The van der Waals surface area contributed by atoms with Gasteiger partial charge < -0.3 is 20.5 Å². The van der Waals surface area contributed by atoms with Crippen LogP contribution in [0.25, 0.3) is 10.4 Å². The summed E-state index contributed by atoms with van der Waals surface area (Å²) in [6.45, 7) is 1.48. The largest absolute Gasteiger partial charge is 0.462 e. The van der Waals surface area contributed by atoms with E-state index in [1.807, 2.05) is 18.2 Å². The zero-order chi connectivity index (χ0) is 22.7. The Labute approximate surface area is 189 Å². The number of aryl methyl sites for hydroxylation is 1. The standard InChI is InChI=1S/C24H22N2O5S/c1-2-30-24(29)20-18-12-9-14-5-3-4-6-17(14)21(18)32-22(20)26-19(27)13-31-23(28)15-7-10-16(25)11-8-15/h3-8,10-11H,2,9,12-13,25H2,1H3,(H,26,27). The number of nitrogens with two attached hydrogens (primary N) is 1. The van der Waals surface area contributed by atoms with Gasteiger partial charge in [-0.05, 0) is 60.7 Å².